The molecule has 3 nitrogen and oxygen atoms in total. The normalized spacial score (nSPS) is 14.4. The van der Waals surface area contributed by atoms with E-state index in [0.29, 0.717) is 16.8 Å². The van der Waals surface area contributed by atoms with Crippen LogP contribution in [0.2, 0.25) is 0 Å². The van der Waals surface area contributed by atoms with Crippen molar-refractivity contribution in [3.05, 3.63) is 107 Å². The van der Waals surface area contributed by atoms with Crippen molar-refractivity contribution in [3.8, 4) is 0 Å². The lowest BCUT2D eigenvalue weighted by Crippen LogP contribution is -2.39. The molecule has 0 fully saturated rings. The molecule has 0 atom stereocenters. The maximum atomic E-state index is 13.7. The first kappa shape index (κ1) is 18.0. The van der Waals surface area contributed by atoms with Gasteiger partial charge in [-0.25, -0.2) is 13.6 Å². The Balaban J connectivity index is 1.87. The molecule has 1 aliphatic rings. The first-order valence-electron chi connectivity index (χ1n) is 8.89. The molecule has 0 amide bonds. The van der Waals surface area contributed by atoms with Gasteiger partial charge in [0.1, 0.15) is 0 Å². The van der Waals surface area contributed by atoms with Gasteiger partial charge in [-0.2, -0.15) is 0 Å². The lowest BCUT2D eigenvalue weighted by molar-refractivity contribution is -0.142. The number of rotatable bonds is 4. The van der Waals surface area contributed by atoms with Crippen LogP contribution in [0.3, 0.4) is 0 Å². The van der Waals surface area contributed by atoms with Gasteiger partial charge in [0.25, 0.3) is 0 Å². The van der Waals surface area contributed by atoms with Gasteiger partial charge < -0.3 is 5.11 Å². The van der Waals surface area contributed by atoms with E-state index in [1.807, 2.05) is 60.7 Å². The Morgan fingerprint density at radius 1 is 0.821 bits per heavy atom. The quantitative estimate of drug-likeness (QED) is 0.684. The van der Waals surface area contributed by atoms with Gasteiger partial charge in [-0.05, 0) is 23.3 Å². The zero-order valence-electron chi connectivity index (χ0n) is 14.9. The molecular formula is C23H17F2NO2. The molecular weight excluding hydrogens is 360 g/mol. The average Bonchev–Trinajstić information content (AvgIpc) is 3.06. The summed E-state index contributed by atoms with van der Waals surface area (Å²) in [7, 11) is 0. The lowest BCUT2D eigenvalue weighted by atomic mass is 9.94. The van der Waals surface area contributed by atoms with Crippen molar-refractivity contribution >= 4 is 11.7 Å². The summed E-state index contributed by atoms with van der Waals surface area (Å²) in [4.78, 5) is 17.0. The maximum absolute atomic E-state index is 13.7. The third-order valence-electron chi connectivity index (χ3n) is 5.03. The Morgan fingerprint density at radius 2 is 1.25 bits per heavy atom. The Hall–Kier alpha value is -3.34. The van der Waals surface area contributed by atoms with Gasteiger partial charge in [-0.1, -0.05) is 60.7 Å². The fourth-order valence-electron chi connectivity index (χ4n) is 3.63. The van der Waals surface area contributed by atoms with E-state index in [1.165, 1.54) is 0 Å². The van der Waals surface area contributed by atoms with Crippen molar-refractivity contribution in [3.63, 3.8) is 0 Å². The molecule has 140 valence electrons. The molecule has 0 unspecified atom stereocenters. The number of aliphatic imine (C=N–C) groups is 1. The Kier molecular flexibility index (Phi) is 4.51. The standard InChI is InChI=1S/C23H17F2NO2/c24-19-11-17-13-23(22(27)28,14-18(17)12-20(19)25)26-21(15-7-3-1-4-8-15)16-9-5-2-6-10-16/h1-12H,13-14H2,(H,27,28). The van der Waals surface area contributed by atoms with E-state index >= 15 is 0 Å². The highest BCUT2D eigenvalue weighted by Gasteiger charge is 2.45. The topological polar surface area (TPSA) is 49.7 Å². The number of hydrogen-bond donors (Lipinski definition) is 1. The molecule has 0 aromatic heterocycles. The zero-order valence-corrected chi connectivity index (χ0v) is 14.9. The van der Waals surface area contributed by atoms with Crippen molar-refractivity contribution in [1.29, 1.82) is 0 Å². The summed E-state index contributed by atoms with van der Waals surface area (Å²) in [6.45, 7) is 0. The van der Waals surface area contributed by atoms with Crippen LogP contribution in [0.5, 0.6) is 0 Å². The van der Waals surface area contributed by atoms with Gasteiger partial charge in [0.15, 0.2) is 17.2 Å². The summed E-state index contributed by atoms with van der Waals surface area (Å²) in [5, 5.41) is 10.0. The zero-order chi connectivity index (χ0) is 19.7. The van der Waals surface area contributed by atoms with Crippen LogP contribution in [0, 0.1) is 11.6 Å². The number of nitrogens with zero attached hydrogens (tertiary/aromatic N) is 1. The van der Waals surface area contributed by atoms with Crippen molar-refractivity contribution in [2.75, 3.05) is 0 Å². The minimum absolute atomic E-state index is 0.0119. The molecule has 28 heavy (non-hydrogen) atoms. The summed E-state index contributed by atoms with van der Waals surface area (Å²) >= 11 is 0. The smallest absolute Gasteiger partial charge is 0.332 e. The highest BCUT2D eigenvalue weighted by Crippen LogP contribution is 2.36. The van der Waals surface area contributed by atoms with Crippen LogP contribution in [0.15, 0.2) is 77.8 Å². The minimum atomic E-state index is -1.51. The van der Waals surface area contributed by atoms with E-state index in [1.54, 1.807) is 0 Å². The van der Waals surface area contributed by atoms with E-state index in [0.717, 1.165) is 23.3 Å². The molecule has 3 aromatic carbocycles. The SMILES string of the molecule is O=C(O)C1(N=C(c2ccccc2)c2ccccc2)Cc2cc(F)c(F)cc2C1. The highest BCUT2D eigenvalue weighted by molar-refractivity contribution is 6.13. The number of hydrogen-bond acceptors (Lipinski definition) is 2. The number of fused-ring (bicyclic) bond motifs is 1. The van der Waals surface area contributed by atoms with Gasteiger partial charge in [0, 0.05) is 24.0 Å². The molecule has 0 aliphatic heterocycles. The third-order valence-corrected chi connectivity index (χ3v) is 5.03. The predicted octanol–water partition coefficient (Wildman–Crippen LogP) is 4.42. The Bertz CT molecular complexity index is 990. The molecule has 5 heteroatoms. The molecule has 0 heterocycles. The predicted molar refractivity (Wildman–Crippen MR) is 103 cm³/mol. The van der Waals surface area contributed by atoms with Crippen LogP contribution in [0.1, 0.15) is 22.3 Å². The summed E-state index contributed by atoms with van der Waals surface area (Å²) in [5.41, 5.74) is 1.54. The Labute approximate surface area is 161 Å². The average molecular weight is 377 g/mol. The van der Waals surface area contributed by atoms with Gasteiger partial charge in [-0.15, -0.1) is 0 Å². The van der Waals surface area contributed by atoms with Crippen LogP contribution in [0.25, 0.3) is 0 Å². The first-order chi connectivity index (χ1) is 13.5. The largest absolute Gasteiger partial charge is 0.479 e. The number of carbonyl (C=O) groups is 1. The van der Waals surface area contributed by atoms with Gasteiger partial charge in [0.2, 0.25) is 0 Å². The molecule has 0 saturated heterocycles. The Morgan fingerprint density at radius 3 is 1.64 bits per heavy atom. The van der Waals surface area contributed by atoms with E-state index in [2.05, 4.69) is 0 Å². The van der Waals surface area contributed by atoms with E-state index in [-0.39, 0.29) is 12.8 Å². The fraction of sp³-hybridized carbons (Fsp3) is 0.130. The number of carboxylic acids is 1. The molecule has 0 bridgehead atoms. The molecule has 0 spiro atoms. The van der Waals surface area contributed by atoms with E-state index in [4.69, 9.17) is 4.99 Å². The van der Waals surface area contributed by atoms with Crippen LogP contribution < -0.4 is 0 Å². The highest BCUT2D eigenvalue weighted by atomic mass is 19.2. The number of carboxylic acid groups (broad SMARTS) is 1. The van der Waals surface area contributed by atoms with E-state index in [9.17, 15) is 18.7 Å². The van der Waals surface area contributed by atoms with Gasteiger partial charge in [0.05, 0.1) is 5.71 Å². The lowest BCUT2D eigenvalue weighted by Gasteiger charge is -2.21. The summed E-state index contributed by atoms with van der Waals surface area (Å²) in [6, 6.07) is 20.8. The van der Waals surface area contributed by atoms with Crippen LogP contribution in [0.4, 0.5) is 8.78 Å². The van der Waals surface area contributed by atoms with Crippen molar-refractivity contribution in [1.82, 2.24) is 0 Å². The minimum Gasteiger partial charge on any atom is -0.479 e. The van der Waals surface area contributed by atoms with Crippen molar-refractivity contribution < 1.29 is 18.7 Å². The van der Waals surface area contributed by atoms with Crippen LogP contribution >= 0.6 is 0 Å². The number of benzene rings is 3. The summed E-state index contributed by atoms with van der Waals surface area (Å²) < 4.78 is 27.3. The molecule has 4 rings (SSSR count). The van der Waals surface area contributed by atoms with Gasteiger partial charge in [-0.3, -0.25) is 4.99 Å². The third kappa shape index (κ3) is 3.20. The van der Waals surface area contributed by atoms with Gasteiger partial charge >= 0.3 is 5.97 Å². The molecule has 1 N–H and O–H groups in total. The molecule has 0 radical (unpaired) electrons. The fourth-order valence-corrected chi connectivity index (χ4v) is 3.63. The summed E-state index contributed by atoms with van der Waals surface area (Å²) in [6.07, 6.45) is 0.0239. The number of aliphatic carboxylic acids is 1. The van der Waals surface area contributed by atoms with E-state index < -0.39 is 23.1 Å². The second kappa shape index (κ2) is 7.00. The second-order valence-electron chi connectivity index (χ2n) is 6.92. The van der Waals surface area contributed by atoms with Crippen LogP contribution in [-0.2, 0) is 17.6 Å². The summed E-state index contributed by atoms with van der Waals surface area (Å²) in [5.74, 6) is -3.07. The maximum Gasteiger partial charge on any atom is 0.332 e. The monoisotopic (exact) mass is 377 g/mol. The van der Waals surface area contributed by atoms with Crippen molar-refractivity contribution in [2.24, 2.45) is 4.99 Å². The molecule has 0 saturated carbocycles. The second-order valence-corrected chi connectivity index (χ2v) is 6.92. The van der Waals surface area contributed by atoms with Crippen LogP contribution in [-0.4, -0.2) is 22.3 Å². The number of halogens is 2. The molecule has 3 aromatic rings. The van der Waals surface area contributed by atoms with Crippen molar-refractivity contribution in [2.45, 2.75) is 18.4 Å². The molecule has 1 aliphatic carbocycles. The first-order valence-corrected chi connectivity index (χ1v) is 8.89.